The maximum absolute atomic E-state index is 11.8. The third kappa shape index (κ3) is 1.37. The van der Waals surface area contributed by atoms with Crippen LogP contribution in [0.5, 0.6) is 0 Å². The van der Waals surface area contributed by atoms with Gasteiger partial charge >= 0.3 is 0 Å². The van der Waals surface area contributed by atoms with E-state index in [0.29, 0.717) is 0 Å². The van der Waals surface area contributed by atoms with Gasteiger partial charge < -0.3 is 10.5 Å². The van der Waals surface area contributed by atoms with Gasteiger partial charge in [0.25, 0.3) is 0 Å². The summed E-state index contributed by atoms with van der Waals surface area (Å²) in [6.07, 6.45) is -2.33. The summed E-state index contributed by atoms with van der Waals surface area (Å²) in [4.78, 5) is 0. The van der Waals surface area contributed by atoms with Crippen molar-refractivity contribution in [2.24, 2.45) is 11.7 Å². The third-order valence-corrected chi connectivity index (χ3v) is 1.49. The Balaban J connectivity index is 2.40. The van der Waals surface area contributed by atoms with E-state index in [9.17, 15) is 8.78 Å². The quantitative estimate of drug-likeness (QED) is 0.561. The van der Waals surface area contributed by atoms with Crippen LogP contribution in [-0.2, 0) is 4.74 Å². The Hall–Kier alpha value is -0.220. The normalized spacial score (nSPS) is 36.0. The molecule has 0 aliphatic carbocycles. The molecular formula is C5H9F2NO. The van der Waals surface area contributed by atoms with Crippen LogP contribution in [0.3, 0.4) is 0 Å². The lowest BCUT2D eigenvalue weighted by molar-refractivity contribution is 0.0626. The molecule has 1 heterocycles. The molecule has 54 valence electrons. The summed E-state index contributed by atoms with van der Waals surface area (Å²) >= 11 is 0. The van der Waals surface area contributed by atoms with Gasteiger partial charge in [0.2, 0.25) is 6.43 Å². The zero-order valence-corrected chi connectivity index (χ0v) is 4.89. The van der Waals surface area contributed by atoms with E-state index in [-0.39, 0.29) is 13.2 Å². The lowest BCUT2D eigenvalue weighted by atomic mass is 10.1. The minimum absolute atomic E-state index is 0.110. The van der Waals surface area contributed by atoms with E-state index in [0.717, 1.165) is 0 Å². The van der Waals surface area contributed by atoms with E-state index in [1.165, 1.54) is 0 Å². The minimum atomic E-state index is -2.33. The van der Waals surface area contributed by atoms with Gasteiger partial charge in [-0.1, -0.05) is 0 Å². The Kier molecular flexibility index (Phi) is 1.97. The average molecular weight is 137 g/mol. The molecule has 2 unspecified atom stereocenters. The Morgan fingerprint density at radius 2 is 2.11 bits per heavy atom. The highest BCUT2D eigenvalue weighted by Gasteiger charge is 2.32. The smallest absolute Gasteiger partial charge is 0.245 e. The Morgan fingerprint density at radius 1 is 1.44 bits per heavy atom. The second kappa shape index (κ2) is 2.58. The van der Waals surface area contributed by atoms with Gasteiger partial charge in [0.1, 0.15) is 0 Å². The summed E-state index contributed by atoms with van der Waals surface area (Å²) in [6, 6.07) is -0.468. The van der Waals surface area contributed by atoms with Crippen LogP contribution in [0.4, 0.5) is 8.78 Å². The number of halogens is 2. The molecule has 0 radical (unpaired) electrons. The molecule has 1 saturated heterocycles. The van der Waals surface area contributed by atoms with Crippen molar-refractivity contribution < 1.29 is 13.5 Å². The van der Waals surface area contributed by atoms with Crippen molar-refractivity contribution >= 4 is 0 Å². The van der Waals surface area contributed by atoms with Gasteiger partial charge in [-0.3, -0.25) is 0 Å². The van der Waals surface area contributed by atoms with Crippen LogP contribution in [0, 0.1) is 5.92 Å². The molecule has 0 saturated carbocycles. The van der Waals surface area contributed by atoms with Crippen molar-refractivity contribution in [1.82, 2.24) is 0 Å². The van der Waals surface area contributed by atoms with Gasteiger partial charge in [-0.25, -0.2) is 8.78 Å². The van der Waals surface area contributed by atoms with Crippen molar-refractivity contribution in [3.63, 3.8) is 0 Å². The molecule has 1 aliphatic heterocycles. The topological polar surface area (TPSA) is 35.2 Å². The zero-order valence-electron chi connectivity index (χ0n) is 4.89. The molecule has 1 rings (SSSR count). The van der Waals surface area contributed by atoms with Gasteiger partial charge in [0.15, 0.2) is 0 Å². The highest BCUT2D eigenvalue weighted by Crippen LogP contribution is 2.18. The first-order chi connectivity index (χ1) is 4.22. The second-order valence-corrected chi connectivity index (χ2v) is 2.20. The SMILES string of the molecule is NC1COCC1C(F)F. The van der Waals surface area contributed by atoms with Crippen molar-refractivity contribution in [3.05, 3.63) is 0 Å². The van der Waals surface area contributed by atoms with Crippen LogP contribution in [0.1, 0.15) is 0 Å². The molecule has 4 heteroatoms. The Morgan fingerprint density at radius 3 is 2.33 bits per heavy atom. The number of rotatable bonds is 1. The number of hydrogen-bond donors (Lipinski definition) is 1. The predicted molar refractivity (Wildman–Crippen MR) is 28.3 cm³/mol. The molecule has 9 heavy (non-hydrogen) atoms. The van der Waals surface area contributed by atoms with Crippen LogP contribution in [0.25, 0.3) is 0 Å². The summed E-state index contributed by atoms with van der Waals surface area (Å²) in [5.41, 5.74) is 5.27. The zero-order chi connectivity index (χ0) is 6.85. The van der Waals surface area contributed by atoms with Crippen molar-refractivity contribution in [3.8, 4) is 0 Å². The van der Waals surface area contributed by atoms with Crippen molar-refractivity contribution in [2.45, 2.75) is 12.5 Å². The van der Waals surface area contributed by atoms with E-state index in [4.69, 9.17) is 10.5 Å². The highest BCUT2D eigenvalue weighted by molar-refractivity contribution is 4.79. The summed E-state index contributed by atoms with van der Waals surface area (Å²) in [7, 11) is 0. The predicted octanol–water partition coefficient (Wildman–Crippen LogP) is 0.225. The molecule has 2 atom stereocenters. The van der Waals surface area contributed by atoms with Gasteiger partial charge in [0, 0.05) is 6.04 Å². The molecule has 2 nitrogen and oxygen atoms in total. The van der Waals surface area contributed by atoms with Crippen molar-refractivity contribution in [2.75, 3.05) is 13.2 Å². The van der Waals surface area contributed by atoms with Gasteiger partial charge in [-0.15, -0.1) is 0 Å². The molecule has 0 aromatic carbocycles. The Bertz CT molecular complexity index is 99.0. The maximum atomic E-state index is 11.8. The highest BCUT2D eigenvalue weighted by atomic mass is 19.3. The van der Waals surface area contributed by atoms with E-state index in [1.54, 1.807) is 0 Å². The average Bonchev–Trinajstić information content (AvgIpc) is 2.13. The minimum Gasteiger partial charge on any atom is -0.379 e. The van der Waals surface area contributed by atoms with Gasteiger partial charge in [0.05, 0.1) is 19.1 Å². The standard InChI is InChI=1S/C5H9F2NO/c6-5(7)3-1-9-2-4(3)8/h3-5H,1-2,8H2. The fourth-order valence-corrected chi connectivity index (χ4v) is 0.847. The van der Waals surface area contributed by atoms with E-state index < -0.39 is 18.4 Å². The number of nitrogens with two attached hydrogens (primary N) is 1. The molecule has 1 aliphatic rings. The van der Waals surface area contributed by atoms with E-state index in [2.05, 4.69) is 0 Å². The number of alkyl halides is 2. The molecule has 0 amide bonds. The molecule has 0 aromatic rings. The van der Waals surface area contributed by atoms with Crippen LogP contribution in [0.15, 0.2) is 0 Å². The molecule has 2 N–H and O–H groups in total. The lowest BCUT2D eigenvalue weighted by Gasteiger charge is -2.09. The van der Waals surface area contributed by atoms with Gasteiger partial charge in [-0.2, -0.15) is 0 Å². The Labute approximate surface area is 52.0 Å². The number of ether oxygens (including phenoxy) is 1. The summed E-state index contributed by atoms with van der Waals surface area (Å²) in [5.74, 6) is -0.745. The number of hydrogen-bond acceptors (Lipinski definition) is 2. The molecule has 1 fully saturated rings. The molecule has 0 aromatic heterocycles. The van der Waals surface area contributed by atoms with Crippen molar-refractivity contribution in [1.29, 1.82) is 0 Å². The van der Waals surface area contributed by atoms with E-state index in [1.807, 2.05) is 0 Å². The lowest BCUT2D eigenvalue weighted by Crippen LogP contribution is -2.32. The maximum Gasteiger partial charge on any atom is 0.245 e. The summed E-state index contributed by atoms with van der Waals surface area (Å²) in [5, 5.41) is 0. The van der Waals surface area contributed by atoms with Crippen LogP contribution in [-0.4, -0.2) is 25.7 Å². The molecular weight excluding hydrogens is 128 g/mol. The first-order valence-corrected chi connectivity index (χ1v) is 2.83. The summed E-state index contributed by atoms with van der Waals surface area (Å²) < 4.78 is 28.4. The first kappa shape index (κ1) is 6.89. The fraction of sp³-hybridized carbons (Fsp3) is 1.00. The third-order valence-electron chi connectivity index (χ3n) is 1.49. The fourth-order valence-electron chi connectivity index (χ4n) is 0.847. The molecule has 0 bridgehead atoms. The first-order valence-electron chi connectivity index (χ1n) is 2.83. The summed E-state index contributed by atoms with van der Waals surface area (Å²) in [6.45, 7) is 0.383. The van der Waals surface area contributed by atoms with Crippen LogP contribution >= 0.6 is 0 Å². The largest absolute Gasteiger partial charge is 0.379 e. The monoisotopic (exact) mass is 137 g/mol. The van der Waals surface area contributed by atoms with Crippen LogP contribution in [0.2, 0.25) is 0 Å². The van der Waals surface area contributed by atoms with E-state index >= 15 is 0 Å². The second-order valence-electron chi connectivity index (χ2n) is 2.20. The van der Waals surface area contributed by atoms with Crippen LogP contribution < -0.4 is 5.73 Å². The molecule has 0 spiro atoms. The van der Waals surface area contributed by atoms with Gasteiger partial charge in [-0.05, 0) is 0 Å².